The molecule has 0 aliphatic carbocycles. The van der Waals surface area contributed by atoms with Crippen molar-refractivity contribution >= 4 is 0 Å². The van der Waals surface area contributed by atoms with Crippen LogP contribution < -0.4 is 0 Å². The van der Waals surface area contributed by atoms with Crippen LogP contribution >= 0.6 is 0 Å². The fourth-order valence-electron chi connectivity index (χ4n) is 1.91. The molecule has 0 rings (SSSR count). The molecule has 0 spiro atoms. The molecule has 0 bridgehead atoms. The quantitative estimate of drug-likeness (QED) is 0.584. The highest BCUT2D eigenvalue weighted by Crippen LogP contribution is 2.37. The van der Waals surface area contributed by atoms with Gasteiger partial charge in [-0.15, -0.1) is 0 Å². The van der Waals surface area contributed by atoms with Crippen LogP contribution in [0.3, 0.4) is 0 Å². The van der Waals surface area contributed by atoms with E-state index in [-0.39, 0.29) is 0 Å². The van der Waals surface area contributed by atoms with Gasteiger partial charge in [0.05, 0.1) is 0 Å². The van der Waals surface area contributed by atoms with E-state index in [0.717, 1.165) is 23.7 Å². The molecule has 0 fully saturated rings. The van der Waals surface area contributed by atoms with Crippen molar-refractivity contribution in [3.8, 4) is 0 Å². The standard InChI is InChI=1S/C14H30/c1-10(2)13(6)12(5)9-14(7,8)11(3)4/h10-13H,9H2,1-8H3. The minimum absolute atomic E-state index is 0.489. The molecule has 0 aromatic heterocycles. The summed E-state index contributed by atoms with van der Waals surface area (Å²) in [4.78, 5) is 0. The number of hydrogen-bond donors (Lipinski definition) is 0. The Kier molecular flexibility index (Phi) is 5.19. The lowest BCUT2D eigenvalue weighted by molar-refractivity contribution is 0.150. The van der Waals surface area contributed by atoms with Crippen LogP contribution in [0.25, 0.3) is 0 Å². The smallest absolute Gasteiger partial charge is 0.0329 e. The van der Waals surface area contributed by atoms with E-state index in [1.54, 1.807) is 0 Å². The summed E-state index contributed by atoms with van der Waals surface area (Å²) >= 11 is 0. The SMILES string of the molecule is CC(C)C(C)C(C)CC(C)(C)C(C)C. The van der Waals surface area contributed by atoms with Crippen molar-refractivity contribution in [3.63, 3.8) is 0 Å². The molecule has 0 aliphatic heterocycles. The average Bonchev–Trinajstić information content (AvgIpc) is 2.01. The summed E-state index contributed by atoms with van der Waals surface area (Å²) in [7, 11) is 0. The molecule has 0 heteroatoms. The van der Waals surface area contributed by atoms with E-state index < -0.39 is 0 Å². The zero-order chi connectivity index (χ0) is 11.5. The molecule has 2 atom stereocenters. The molecule has 2 unspecified atom stereocenters. The fourth-order valence-corrected chi connectivity index (χ4v) is 1.91. The van der Waals surface area contributed by atoms with Gasteiger partial charge in [0, 0.05) is 0 Å². The van der Waals surface area contributed by atoms with Crippen molar-refractivity contribution in [2.45, 2.75) is 61.8 Å². The summed E-state index contributed by atoms with van der Waals surface area (Å²) < 4.78 is 0. The summed E-state index contributed by atoms with van der Waals surface area (Å²) in [6.07, 6.45) is 1.35. The van der Waals surface area contributed by atoms with Crippen LogP contribution in [0.2, 0.25) is 0 Å². The van der Waals surface area contributed by atoms with E-state index >= 15 is 0 Å². The fraction of sp³-hybridized carbons (Fsp3) is 1.00. The highest BCUT2D eigenvalue weighted by molar-refractivity contribution is 4.77. The summed E-state index contributed by atoms with van der Waals surface area (Å²) in [5, 5.41) is 0. The highest BCUT2D eigenvalue weighted by Gasteiger charge is 2.27. The third-order valence-corrected chi connectivity index (χ3v) is 4.36. The van der Waals surface area contributed by atoms with E-state index in [4.69, 9.17) is 0 Å². The van der Waals surface area contributed by atoms with Gasteiger partial charge in [-0.05, 0) is 35.5 Å². The normalized spacial score (nSPS) is 17.6. The molecule has 0 aliphatic rings. The van der Waals surface area contributed by atoms with Crippen LogP contribution in [0.1, 0.15) is 61.8 Å². The van der Waals surface area contributed by atoms with Crippen LogP contribution in [0.4, 0.5) is 0 Å². The first-order valence-electron chi connectivity index (χ1n) is 6.18. The molecule has 0 saturated heterocycles. The van der Waals surface area contributed by atoms with E-state index in [2.05, 4.69) is 55.4 Å². The predicted octanol–water partition coefficient (Wildman–Crippen LogP) is 4.99. The van der Waals surface area contributed by atoms with Crippen LogP contribution in [0.5, 0.6) is 0 Å². The van der Waals surface area contributed by atoms with Gasteiger partial charge in [0.25, 0.3) is 0 Å². The maximum Gasteiger partial charge on any atom is -0.0329 e. The molecular formula is C14H30. The number of rotatable bonds is 5. The Morgan fingerprint density at radius 1 is 0.857 bits per heavy atom. The summed E-state index contributed by atoms with van der Waals surface area (Å²) in [6, 6.07) is 0. The summed E-state index contributed by atoms with van der Waals surface area (Å²) in [5.41, 5.74) is 0.489. The van der Waals surface area contributed by atoms with Crippen molar-refractivity contribution in [3.05, 3.63) is 0 Å². The van der Waals surface area contributed by atoms with Crippen LogP contribution in [-0.4, -0.2) is 0 Å². The van der Waals surface area contributed by atoms with Gasteiger partial charge >= 0.3 is 0 Å². The zero-order valence-corrected chi connectivity index (χ0v) is 11.5. The first kappa shape index (κ1) is 14.0. The van der Waals surface area contributed by atoms with Gasteiger partial charge in [0.2, 0.25) is 0 Å². The van der Waals surface area contributed by atoms with Crippen molar-refractivity contribution in [2.75, 3.05) is 0 Å². The monoisotopic (exact) mass is 198 g/mol. The first-order valence-corrected chi connectivity index (χ1v) is 6.18. The Hall–Kier alpha value is 0. The third-order valence-electron chi connectivity index (χ3n) is 4.36. The molecular weight excluding hydrogens is 168 g/mol. The van der Waals surface area contributed by atoms with E-state index in [0.29, 0.717) is 5.41 Å². The Morgan fingerprint density at radius 2 is 1.29 bits per heavy atom. The van der Waals surface area contributed by atoms with Gasteiger partial charge in [0.15, 0.2) is 0 Å². The van der Waals surface area contributed by atoms with Crippen molar-refractivity contribution in [1.82, 2.24) is 0 Å². The Bertz CT molecular complexity index is 153. The maximum absolute atomic E-state index is 2.41. The molecule has 0 saturated carbocycles. The van der Waals surface area contributed by atoms with Gasteiger partial charge in [-0.25, -0.2) is 0 Å². The molecule has 0 aromatic carbocycles. The second kappa shape index (κ2) is 5.19. The Balaban J connectivity index is 4.24. The van der Waals surface area contributed by atoms with Gasteiger partial charge < -0.3 is 0 Å². The topological polar surface area (TPSA) is 0 Å². The molecule has 86 valence electrons. The van der Waals surface area contributed by atoms with Gasteiger partial charge in [-0.1, -0.05) is 55.4 Å². The van der Waals surface area contributed by atoms with Crippen molar-refractivity contribution in [1.29, 1.82) is 0 Å². The average molecular weight is 198 g/mol. The Morgan fingerprint density at radius 3 is 1.57 bits per heavy atom. The molecule has 0 N–H and O–H groups in total. The molecule has 0 aromatic rings. The lowest BCUT2D eigenvalue weighted by Gasteiger charge is -2.35. The van der Waals surface area contributed by atoms with Gasteiger partial charge in [0.1, 0.15) is 0 Å². The molecule has 0 radical (unpaired) electrons. The van der Waals surface area contributed by atoms with E-state index in [9.17, 15) is 0 Å². The van der Waals surface area contributed by atoms with Crippen LogP contribution in [0, 0.1) is 29.1 Å². The minimum atomic E-state index is 0.489. The minimum Gasteiger partial charge on any atom is -0.0625 e. The number of hydrogen-bond acceptors (Lipinski definition) is 0. The zero-order valence-electron chi connectivity index (χ0n) is 11.5. The molecule has 0 heterocycles. The largest absolute Gasteiger partial charge is 0.0625 e. The molecule has 0 amide bonds. The van der Waals surface area contributed by atoms with E-state index in [1.165, 1.54) is 6.42 Å². The van der Waals surface area contributed by atoms with Crippen molar-refractivity contribution < 1.29 is 0 Å². The van der Waals surface area contributed by atoms with Crippen LogP contribution in [0.15, 0.2) is 0 Å². The van der Waals surface area contributed by atoms with Crippen LogP contribution in [-0.2, 0) is 0 Å². The van der Waals surface area contributed by atoms with Gasteiger partial charge in [-0.2, -0.15) is 0 Å². The third kappa shape index (κ3) is 4.02. The van der Waals surface area contributed by atoms with Gasteiger partial charge in [-0.3, -0.25) is 0 Å². The van der Waals surface area contributed by atoms with Crippen molar-refractivity contribution in [2.24, 2.45) is 29.1 Å². The first-order chi connectivity index (χ1) is 6.18. The lowest BCUT2D eigenvalue weighted by atomic mass is 9.70. The lowest BCUT2D eigenvalue weighted by Crippen LogP contribution is -2.26. The predicted molar refractivity (Wildman–Crippen MR) is 66.4 cm³/mol. The highest BCUT2D eigenvalue weighted by atomic mass is 14.3. The second-order valence-electron chi connectivity index (χ2n) is 6.43. The summed E-state index contributed by atoms with van der Waals surface area (Å²) in [6.45, 7) is 19.0. The Labute approximate surface area is 91.5 Å². The van der Waals surface area contributed by atoms with E-state index in [1.807, 2.05) is 0 Å². The molecule has 0 nitrogen and oxygen atoms in total. The summed E-state index contributed by atoms with van der Waals surface area (Å²) in [5.74, 6) is 3.28. The molecule has 14 heavy (non-hydrogen) atoms. The second-order valence-corrected chi connectivity index (χ2v) is 6.43. The maximum atomic E-state index is 2.41.